The van der Waals surface area contributed by atoms with Gasteiger partial charge in [-0.1, -0.05) is 19.4 Å². The van der Waals surface area contributed by atoms with E-state index in [1.165, 1.54) is 10.8 Å². The molecule has 3 heteroatoms. The van der Waals surface area contributed by atoms with Crippen LogP contribution in [0.3, 0.4) is 0 Å². The predicted molar refractivity (Wildman–Crippen MR) is 86.7 cm³/mol. The van der Waals surface area contributed by atoms with Gasteiger partial charge in [-0.25, -0.2) is 4.99 Å². The van der Waals surface area contributed by atoms with Crippen LogP contribution in [-0.4, -0.2) is 0 Å². The number of nitrogen functional groups attached to an aromatic ring is 1. The Morgan fingerprint density at radius 1 is 1.10 bits per heavy atom. The van der Waals surface area contributed by atoms with Crippen LogP contribution >= 0.6 is 0 Å². The van der Waals surface area contributed by atoms with E-state index in [-0.39, 0.29) is 0 Å². The molecule has 0 bridgehead atoms. The molecule has 0 atom stereocenters. The van der Waals surface area contributed by atoms with Gasteiger partial charge >= 0.3 is 0 Å². The second kappa shape index (κ2) is 5.24. The molecule has 0 spiro atoms. The smallest absolute Gasteiger partial charge is 0.155 e. The normalized spacial score (nSPS) is 13.2. The summed E-state index contributed by atoms with van der Waals surface area (Å²) >= 11 is 0. The van der Waals surface area contributed by atoms with Crippen molar-refractivity contribution in [3.8, 4) is 11.5 Å². The Morgan fingerprint density at radius 3 is 2.67 bits per heavy atom. The number of benzene rings is 2. The summed E-state index contributed by atoms with van der Waals surface area (Å²) in [7, 11) is 0. The molecule has 0 fully saturated rings. The molecule has 108 valence electrons. The summed E-state index contributed by atoms with van der Waals surface area (Å²) < 4.78 is 6.00. The van der Waals surface area contributed by atoms with Crippen molar-refractivity contribution >= 4 is 17.5 Å². The molecular formula is C18H20N2O. The topological polar surface area (TPSA) is 47.6 Å². The number of aryl methyl sites for hydroxylation is 2. The number of anilines is 1. The molecule has 2 N–H and O–H groups in total. The van der Waals surface area contributed by atoms with Gasteiger partial charge in [-0.05, 0) is 54.8 Å². The predicted octanol–water partition coefficient (Wildman–Crippen LogP) is 3.52. The van der Waals surface area contributed by atoms with E-state index in [1.807, 2.05) is 19.1 Å². The highest BCUT2D eigenvalue weighted by molar-refractivity contribution is 5.65. The highest BCUT2D eigenvalue weighted by Gasteiger charge is 2.14. The lowest BCUT2D eigenvalue weighted by atomic mass is 10.1. The number of ether oxygens (including phenoxy) is 1. The van der Waals surface area contributed by atoms with E-state index in [2.05, 4.69) is 32.1 Å². The van der Waals surface area contributed by atoms with E-state index in [1.54, 1.807) is 0 Å². The van der Waals surface area contributed by atoms with Gasteiger partial charge < -0.3 is 10.5 Å². The molecule has 1 aliphatic heterocycles. The fourth-order valence-corrected chi connectivity index (χ4v) is 2.48. The first kappa shape index (κ1) is 13.7. The highest BCUT2D eigenvalue weighted by Crippen LogP contribution is 2.36. The van der Waals surface area contributed by atoms with Crippen LogP contribution < -0.4 is 21.0 Å². The number of rotatable bonds is 2. The first-order valence-corrected chi connectivity index (χ1v) is 7.36. The lowest BCUT2D eigenvalue weighted by Gasteiger charge is -2.16. The van der Waals surface area contributed by atoms with Crippen molar-refractivity contribution in [3.05, 3.63) is 46.0 Å². The van der Waals surface area contributed by atoms with Gasteiger partial charge in [0.15, 0.2) is 11.5 Å². The third-order valence-electron chi connectivity index (χ3n) is 3.81. The summed E-state index contributed by atoms with van der Waals surface area (Å²) in [5.74, 6) is 1.54. The van der Waals surface area contributed by atoms with Crippen molar-refractivity contribution in [1.29, 1.82) is 0 Å². The second-order valence-electron chi connectivity index (χ2n) is 5.56. The van der Waals surface area contributed by atoms with Crippen molar-refractivity contribution < 1.29 is 4.74 Å². The second-order valence-corrected chi connectivity index (χ2v) is 5.56. The monoisotopic (exact) mass is 280 g/mol. The molecule has 0 unspecified atom stereocenters. The van der Waals surface area contributed by atoms with E-state index < -0.39 is 0 Å². The van der Waals surface area contributed by atoms with E-state index >= 15 is 0 Å². The Hall–Kier alpha value is -2.29. The lowest BCUT2D eigenvalue weighted by molar-refractivity contribution is 0.469. The lowest BCUT2D eigenvalue weighted by Crippen LogP contribution is -2.17. The Kier molecular flexibility index (Phi) is 3.42. The summed E-state index contributed by atoms with van der Waals surface area (Å²) in [6, 6.07) is 7.99. The maximum atomic E-state index is 6.00. The van der Waals surface area contributed by atoms with Gasteiger partial charge in [-0.3, -0.25) is 0 Å². The number of fused-ring (bicyclic) bond motifs is 2. The molecule has 3 nitrogen and oxygen atoms in total. The van der Waals surface area contributed by atoms with Crippen LogP contribution in [0.4, 0.5) is 11.4 Å². The number of nitrogens with two attached hydrogens (primary N) is 1. The number of hydrogen-bond acceptors (Lipinski definition) is 3. The Labute approximate surface area is 124 Å². The average Bonchev–Trinajstić information content (AvgIpc) is 2.45. The van der Waals surface area contributed by atoms with Crippen LogP contribution in [0.15, 0.2) is 29.3 Å². The molecule has 3 rings (SSSR count). The SMILES string of the molecule is CCC/C=c1/cc2c(cc1C)=Nc1cc(C)c(N)cc1O2. The standard InChI is InChI=1S/C18H20N2O/c1-4-5-6-13-9-17-15(7-11(13)2)20-16-8-12(3)14(19)10-18(16)21-17/h6-10H,4-5,19H2,1-3H3/b13-6-. The van der Waals surface area contributed by atoms with Crippen LogP contribution in [0.2, 0.25) is 0 Å². The quantitative estimate of drug-likeness (QED) is 0.730. The van der Waals surface area contributed by atoms with Crippen molar-refractivity contribution in [2.45, 2.75) is 33.6 Å². The number of hydrogen-bond donors (Lipinski definition) is 1. The van der Waals surface area contributed by atoms with Crippen LogP contribution in [0.5, 0.6) is 11.5 Å². The Balaban J connectivity index is 2.17. The van der Waals surface area contributed by atoms with E-state index in [0.717, 1.165) is 46.6 Å². The molecule has 2 aromatic carbocycles. The maximum Gasteiger partial charge on any atom is 0.155 e. The molecule has 1 aliphatic rings. The molecule has 21 heavy (non-hydrogen) atoms. The largest absolute Gasteiger partial charge is 0.453 e. The molecule has 1 heterocycles. The minimum Gasteiger partial charge on any atom is -0.453 e. The maximum absolute atomic E-state index is 6.00. The van der Waals surface area contributed by atoms with Gasteiger partial charge in [0.05, 0.1) is 0 Å². The zero-order valence-corrected chi connectivity index (χ0v) is 12.7. The fraction of sp³-hybridized carbons (Fsp3) is 0.278. The van der Waals surface area contributed by atoms with Gasteiger partial charge in [-0.2, -0.15) is 0 Å². The van der Waals surface area contributed by atoms with Crippen LogP contribution in [-0.2, 0) is 0 Å². The van der Waals surface area contributed by atoms with Crippen molar-refractivity contribution in [2.24, 2.45) is 4.99 Å². The summed E-state index contributed by atoms with van der Waals surface area (Å²) in [4.78, 5) is 4.70. The molecular weight excluding hydrogens is 260 g/mol. The van der Waals surface area contributed by atoms with Gasteiger partial charge in [0.2, 0.25) is 0 Å². The summed E-state index contributed by atoms with van der Waals surface area (Å²) in [6.45, 7) is 6.27. The molecule has 2 aromatic rings. The van der Waals surface area contributed by atoms with Crippen molar-refractivity contribution in [2.75, 3.05) is 5.73 Å². The first-order valence-electron chi connectivity index (χ1n) is 7.36. The number of unbranched alkanes of at least 4 members (excludes halogenated alkanes) is 1. The fourth-order valence-electron chi connectivity index (χ4n) is 2.48. The van der Waals surface area contributed by atoms with Crippen molar-refractivity contribution in [3.63, 3.8) is 0 Å². The van der Waals surface area contributed by atoms with E-state index in [9.17, 15) is 0 Å². The first-order chi connectivity index (χ1) is 10.1. The number of nitrogens with zero attached hydrogens (tertiary/aromatic N) is 1. The third kappa shape index (κ3) is 2.51. The summed E-state index contributed by atoms with van der Waals surface area (Å²) in [5, 5.41) is 2.10. The van der Waals surface area contributed by atoms with E-state index in [4.69, 9.17) is 15.5 Å². The van der Waals surface area contributed by atoms with Gasteiger partial charge in [0, 0.05) is 11.8 Å². The van der Waals surface area contributed by atoms with Gasteiger partial charge in [-0.15, -0.1) is 0 Å². The zero-order chi connectivity index (χ0) is 15.0. The van der Waals surface area contributed by atoms with Crippen LogP contribution in [0, 0.1) is 13.8 Å². The molecule has 0 amide bonds. The zero-order valence-electron chi connectivity index (χ0n) is 12.7. The molecule has 0 aromatic heterocycles. The summed E-state index contributed by atoms with van der Waals surface area (Å²) in [5.41, 5.74) is 9.78. The average molecular weight is 280 g/mol. The van der Waals surface area contributed by atoms with Crippen LogP contribution in [0.25, 0.3) is 6.08 Å². The minimum atomic E-state index is 0.732. The molecule has 0 aliphatic carbocycles. The Bertz CT molecular complexity index is 822. The van der Waals surface area contributed by atoms with Crippen molar-refractivity contribution in [1.82, 2.24) is 0 Å². The van der Waals surface area contributed by atoms with Crippen LogP contribution in [0.1, 0.15) is 30.9 Å². The molecule has 0 saturated carbocycles. The van der Waals surface area contributed by atoms with E-state index in [0.29, 0.717) is 0 Å². The van der Waals surface area contributed by atoms with Gasteiger partial charge in [0.1, 0.15) is 11.0 Å². The third-order valence-corrected chi connectivity index (χ3v) is 3.81. The van der Waals surface area contributed by atoms with Gasteiger partial charge in [0.25, 0.3) is 0 Å². The Morgan fingerprint density at radius 2 is 1.90 bits per heavy atom. The highest BCUT2D eigenvalue weighted by atomic mass is 16.5. The molecule has 0 saturated heterocycles. The molecule has 0 radical (unpaired) electrons. The summed E-state index contributed by atoms with van der Waals surface area (Å²) in [6.07, 6.45) is 4.46. The minimum absolute atomic E-state index is 0.732.